The molecule has 0 radical (unpaired) electrons. The van der Waals surface area contributed by atoms with Gasteiger partial charge in [-0.25, -0.2) is 13.1 Å². The fourth-order valence-corrected chi connectivity index (χ4v) is 3.82. The Hall–Kier alpha value is -1.69. The fraction of sp³-hybridized carbons (Fsp3) is 0.368. The van der Waals surface area contributed by atoms with Crippen molar-refractivity contribution in [3.8, 4) is 0 Å². The van der Waals surface area contributed by atoms with Gasteiger partial charge in [0.25, 0.3) is 0 Å². The van der Waals surface area contributed by atoms with Crippen molar-refractivity contribution in [3.05, 3.63) is 65.2 Å². The number of aryl methyl sites for hydroxylation is 2. The van der Waals surface area contributed by atoms with Crippen LogP contribution in [0, 0.1) is 13.8 Å². The normalized spacial score (nSPS) is 13.0. The van der Waals surface area contributed by atoms with E-state index >= 15 is 0 Å². The summed E-state index contributed by atoms with van der Waals surface area (Å²) in [6.45, 7) is 4.29. The van der Waals surface area contributed by atoms with Gasteiger partial charge >= 0.3 is 0 Å². The van der Waals surface area contributed by atoms with Crippen molar-refractivity contribution < 1.29 is 13.5 Å². The van der Waals surface area contributed by atoms with Crippen LogP contribution in [0.2, 0.25) is 0 Å². The highest BCUT2D eigenvalue weighted by Crippen LogP contribution is 2.23. The lowest BCUT2D eigenvalue weighted by atomic mass is 9.93. The third kappa shape index (κ3) is 4.90. The molecule has 4 nitrogen and oxygen atoms in total. The monoisotopic (exact) mass is 347 g/mol. The van der Waals surface area contributed by atoms with Gasteiger partial charge in [0.1, 0.15) is 0 Å². The third-order valence-corrected chi connectivity index (χ3v) is 5.78. The van der Waals surface area contributed by atoms with Gasteiger partial charge in [0.05, 0.1) is 4.90 Å². The molecule has 0 aliphatic heterocycles. The zero-order valence-corrected chi connectivity index (χ0v) is 15.0. The van der Waals surface area contributed by atoms with Crippen molar-refractivity contribution >= 4 is 10.0 Å². The first-order valence-electron chi connectivity index (χ1n) is 8.17. The predicted molar refractivity (Wildman–Crippen MR) is 96.6 cm³/mol. The van der Waals surface area contributed by atoms with Crippen LogP contribution in [0.1, 0.15) is 35.4 Å². The topological polar surface area (TPSA) is 66.4 Å². The second kappa shape index (κ2) is 8.42. The van der Waals surface area contributed by atoms with E-state index in [1.54, 1.807) is 12.1 Å². The molecule has 1 unspecified atom stereocenters. The Morgan fingerprint density at radius 2 is 1.71 bits per heavy atom. The molecule has 24 heavy (non-hydrogen) atoms. The number of nitrogens with one attached hydrogen (secondary N) is 1. The van der Waals surface area contributed by atoms with E-state index in [-0.39, 0.29) is 12.5 Å². The number of aliphatic hydroxyl groups is 1. The number of aliphatic hydroxyl groups excluding tert-OH is 1. The van der Waals surface area contributed by atoms with Crippen LogP contribution in [0.3, 0.4) is 0 Å². The van der Waals surface area contributed by atoms with Crippen LogP contribution in [0.15, 0.2) is 53.4 Å². The van der Waals surface area contributed by atoms with Crippen molar-refractivity contribution in [1.29, 1.82) is 0 Å². The summed E-state index contributed by atoms with van der Waals surface area (Å²) in [6.07, 6.45) is 1.27. The summed E-state index contributed by atoms with van der Waals surface area (Å²) in [5.74, 6) is 0.138. The Bertz CT molecular complexity index is 757. The van der Waals surface area contributed by atoms with Gasteiger partial charge in [-0.15, -0.1) is 0 Å². The average Bonchev–Trinajstić information content (AvgIpc) is 2.57. The second-order valence-corrected chi connectivity index (χ2v) is 7.82. The molecule has 1 atom stereocenters. The standard InChI is InChI=1S/C19H25NO3S/c1-15-8-9-19(14-16(15)2)24(22,23)20-12-10-18(11-13-21)17-6-4-3-5-7-17/h3-9,14,18,20-21H,10-13H2,1-2H3. The largest absolute Gasteiger partial charge is 0.396 e. The van der Waals surface area contributed by atoms with Gasteiger partial charge in [-0.05, 0) is 61.4 Å². The van der Waals surface area contributed by atoms with Crippen LogP contribution in [0.25, 0.3) is 0 Å². The minimum atomic E-state index is -3.50. The van der Waals surface area contributed by atoms with E-state index in [1.807, 2.05) is 50.2 Å². The molecular weight excluding hydrogens is 322 g/mol. The first kappa shape index (κ1) is 18.6. The molecule has 2 N–H and O–H groups in total. The van der Waals surface area contributed by atoms with Crippen molar-refractivity contribution in [2.75, 3.05) is 13.2 Å². The van der Waals surface area contributed by atoms with Crippen LogP contribution in [0.4, 0.5) is 0 Å². The minimum absolute atomic E-state index is 0.0868. The Labute approximate surface area is 144 Å². The van der Waals surface area contributed by atoms with Crippen LogP contribution >= 0.6 is 0 Å². The lowest BCUT2D eigenvalue weighted by Gasteiger charge is -2.17. The molecule has 0 amide bonds. The molecule has 0 bridgehead atoms. The van der Waals surface area contributed by atoms with E-state index < -0.39 is 10.0 Å². The molecule has 0 aromatic heterocycles. The molecule has 0 heterocycles. The highest BCUT2D eigenvalue weighted by Gasteiger charge is 2.16. The molecule has 2 aromatic carbocycles. The van der Waals surface area contributed by atoms with Crippen molar-refractivity contribution in [2.45, 2.75) is 37.5 Å². The lowest BCUT2D eigenvalue weighted by Crippen LogP contribution is -2.26. The van der Waals surface area contributed by atoms with Crippen LogP contribution in [0.5, 0.6) is 0 Å². The van der Waals surface area contributed by atoms with Crippen LogP contribution in [-0.2, 0) is 10.0 Å². The zero-order chi connectivity index (χ0) is 17.6. The highest BCUT2D eigenvalue weighted by molar-refractivity contribution is 7.89. The molecule has 130 valence electrons. The average molecular weight is 347 g/mol. The molecule has 0 aliphatic rings. The fourth-order valence-electron chi connectivity index (χ4n) is 2.69. The maximum absolute atomic E-state index is 12.4. The number of rotatable bonds is 8. The van der Waals surface area contributed by atoms with Crippen LogP contribution < -0.4 is 4.72 Å². The van der Waals surface area contributed by atoms with Gasteiger partial charge in [0.2, 0.25) is 10.0 Å². The maximum atomic E-state index is 12.4. The summed E-state index contributed by atoms with van der Waals surface area (Å²) in [5.41, 5.74) is 3.15. The number of sulfonamides is 1. The molecule has 0 spiro atoms. The van der Waals surface area contributed by atoms with E-state index in [1.165, 1.54) is 0 Å². The molecule has 0 fully saturated rings. The first-order chi connectivity index (χ1) is 11.4. The minimum Gasteiger partial charge on any atom is -0.396 e. The van der Waals surface area contributed by atoms with Gasteiger partial charge in [0.15, 0.2) is 0 Å². The van der Waals surface area contributed by atoms with Crippen LogP contribution in [-0.4, -0.2) is 26.7 Å². The van der Waals surface area contributed by atoms with Gasteiger partial charge in [-0.1, -0.05) is 36.4 Å². The van der Waals surface area contributed by atoms with Crippen molar-refractivity contribution in [3.63, 3.8) is 0 Å². The van der Waals surface area contributed by atoms with E-state index in [0.29, 0.717) is 24.3 Å². The number of benzene rings is 2. The quantitative estimate of drug-likeness (QED) is 0.771. The third-order valence-electron chi connectivity index (χ3n) is 4.32. The summed E-state index contributed by atoms with van der Waals surface area (Å²) in [7, 11) is -3.50. The van der Waals surface area contributed by atoms with Gasteiger partial charge in [-0.2, -0.15) is 0 Å². The van der Waals surface area contributed by atoms with E-state index in [0.717, 1.165) is 16.7 Å². The Balaban J connectivity index is 2.01. The van der Waals surface area contributed by atoms with E-state index in [4.69, 9.17) is 0 Å². The highest BCUT2D eigenvalue weighted by atomic mass is 32.2. The summed E-state index contributed by atoms with van der Waals surface area (Å²) >= 11 is 0. The maximum Gasteiger partial charge on any atom is 0.240 e. The Kier molecular flexibility index (Phi) is 6.54. The number of hydrogen-bond acceptors (Lipinski definition) is 3. The van der Waals surface area contributed by atoms with Crippen molar-refractivity contribution in [2.24, 2.45) is 0 Å². The summed E-state index contributed by atoms with van der Waals surface area (Å²) in [6, 6.07) is 15.0. The molecule has 0 aliphatic carbocycles. The van der Waals surface area contributed by atoms with Gasteiger partial charge < -0.3 is 5.11 Å². The molecular formula is C19H25NO3S. The van der Waals surface area contributed by atoms with E-state index in [9.17, 15) is 13.5 Å². The predicted octanol–water partition coefficient (Wildman–Crippen LogP) is 3.14. The second-order valence-electron chi connectivity index (χ2n) is 6.05. The first-order valence-corrected chi connectivity index (χ1v) is 9.65. The molecule has 2 rings (SSSR count). The Morgan fingerprint density at radius 3 is 2.33 bits per heavy atom. The number of hydrogen-bond donors (Lipinski definition) is 2. The molecule has 0 saturated heterocycles. The summed E-state index contributed by atoms with van der Waals surface area (Å²) in [4.78, 5) is 0.295. The summed E-state index contributed by atoms with van der Waals surface area (Å²) in [5, 5.41) is 9.25. The van der Waals surface area contributed by atoms with Crippen molar-refractivity contribution in [1.82, 2.24) is 4.72 Å². The van der Waals surface area contributed by atoms with Gasteiger partial charge in [-0.3, -0.25) is 0 Å². The van der Waals surface area contributed by atoms with E-state index in [2.05, 4.69) is 4.72 Å². The Morgan fingerprint density at radius 1 is 1.00 bits per heavy atom. The molecule has 2 aromatic rings. The molecule has 0 saturated carbocycles. The van der Waals surface area contributed by atoms with Gasteiger partial charge in [0, 0.05) is 13.2 Å². The zero-order valence-electron chi connectivity index (χ0n) is 14.2. The smallest absolute Gasteiger partial charge is 0.240 e. The lowest BCUT2D eigenvalue weighted by molar-refractivity contribution is 0.273. The molecule has 5 heteroatoms. The SMILES string of the molecule is Cc1ccc(S(=O)(=O)NCCC(CCO)c2ccccc2)cc1C. The summed E-state index contributed by atoms with van der Waals surface area (Å²) < 4.78 is 27.5.